The summed E-state index contributed by atoms with van der Waals surface area (Å²) < 4.78 is 0. The summed E-state index contributed by atoms with van der Waals surface area (Å²) in [5.74, 6) is 2.19. The first-order valence-corrected chi connectivity index (χ1v) is 8.59. The maximum Gasteiger partial charge on any atom is 0.0377 e. The second-order valence-corrected chi connectivity index (χ2v) is 7.39. The van der Waals surface area contributed by atoms with Crippen LogP contribution in [0.4, 0.5) is 5.69 Å². The minimum Gasteiger partial charge on any atom is -0.398 e. The standard InChI is InChI=1S/C19H23NS/c1-11(2)14-5-7-15(8-6-14)16-10-21-17-9-12(3)19(20)13(4)18(16)17/h5-9,11,16H,10,20H2,1-4H3. The van der Waals surface area contributed by atoms with Crippen molar-refractivity contribution >= 4 is 17.4 Å². The normalized spacial score (nSPS) is 17.3. The van der Waals surface area contributed by atoms with Crippen LogP contribution < -0.4 is 5.73 Å². The second kappa shape index (κ2) is 5.42. The molecule has 2 N–H and O–H groups in total. The number of rotatable bonds is 2. The number of anilines is 1. The molecule has 21 heavy (non-hydrogen) atoms. The van der Waals surface area contributed by atoms with E-state index in [4.69, 9.17) is 5.73 Å². The molecule has 3 rings (SSSR count). The maximum absolute atomic E-state index is 6.25. The van der Waals surface area contributed by atoms with Gasteiger partial charge in [-0.25, -0.2) is 0 Å². The van der Waals surface area contributed by atoms with E-state index in [2.05, 4.69) is 58.0 Å². The molecular weight excluding hydrogens is 274 g/mol. The number of benzene rings is 2. The molecule has 2 heteroatoms. The van der Waals surface area contributed by atoms with Gasteiger partial charge in [0.1, 0.15) is 0 Å². The fourth-order valence-corrected chi connectivity index (χ4v) is 4.58. The van der Waals surface area contributed by atoms with Crippen LogP contribution in [0.1, 0.15) is 53.5 Å². The third-order valence-corrected chi connectivity index (χ3v) is 5.75. The quantitative estimate of drug-likeness (QED) is 0.766. The lowest BCUT2D eigenvalue weighted by molar-refractivity contribution is 0.859. The van der Waals surface area contributed by atoms with Crippen molar-refractivity contribution in [3.05, 3.63) is 58.1 Å². The van der Waals surface area contributed by atoms with Crippen molar-refractivity contribution in [2.75, 3.05) is 11.5 Å². The largest absolute Gasteiger partial charge is 0.398 e. The SMILES string of the molecule is Cc1cc2c(c(C)c1N)C(c1ccc(C(C)C)cc1)CS2. The van der Waals surface area contributed by atoms with E-state index in [0.717, 1.165) is 11.4 Å². The zero-order valence-electron chi connectivity index (χ0n) is 13.2. The molecule has 1 aliphatic heterocycles. The van der Waals surface area contributed by atoms with E-state index in [1.807, 2.05) is 11.8 Å². The van der Waals surface area contributed by atoms with Crippen LogP contribution in [0.5, 0.6) is 0 Å². The third-order valence-electron chi connectivity index (χ3n) is 4.61. The number of hydrogen-bond acceptors (Lipinski definition) is 2. The highest BCUT2D eigenvalue weighted by Crippen LogP contribution is 2.47. The van der Waals surface area contributed by atoms with Gasteiger partial charge < -0.3 is 5.73 Å². The Hall–Kier alpha value is -1.41. The van der Waals surface area contributed by atoms with Crippen molar-refractivity contribution in [2.45, 2.75) is 44.4 Å². The van der Waals surface area contributed by atoms with Crippen LogP contribution in [0.25, 0.3) is 0 Å². The Morgan fingerprint density at radius 1 is 1.14 bits per heavy atom. The number of aryl methyl sites for hydroxylation is 1. The molecule has 1 atom stereocenters. The molecule has 0 fully saturated rings. The number of hydrogen-bond donors (Lipinski definition) is 1. The van der Waals surface area contributed by atoms with E-state index in [1.54, 1.807) is 0 Å². The number of nitrogen functional groups attached to an aromatic ring is 1. The molecule has 2 aromatic rings. The molecule has 1 heterocycles. The monoisotopic (exact) mass is 297 g/mol. The Bertz CT molecular complexity index is 671. The topological polar surface area (TPSA) is 26.0 Å². The first kappa shape index (κ1) is 14.5. The predicted octanol–water partition coefficient (Wildman–Crippen LogP) is 5.25. The Morgan fingerprint density at radius 3 is 2.43 bits per heavy atom. The predicted molar refractivity (Wildman–Crippen MR) is 93.4 cm³/mol. The summed E-state index contributed by atoms with van der Waals surface area (Å²) in [7, 11) is 0. The molecule has 0 aliphatic carbocycles. The van der Waals surface area contributed by atoms with Gasteiger partial charge in [0.2, 0.25) is 0 Å². The van der Waals surface area contributed by atoms with Gasteiger partial charge in [-0.2, -0.15) is 0 Å². The van der Waals surface area contributed by atoms with Gasteiger partial charge in [-0.05, 0) is 53.6 Å². The third kappa shape index (κ3) is 2.46. The minimum atomic E-state index is 0.481. The molecule has 0 aromatic heterocycles. The Labute approximate surface area is 132 Å². The molecule has 0 saturated carbocycles. The molecule has 1 nitrogen and oxygen atoms in total. The second-order valence-electron chi connectivity index (χ2n) is 6.33. The number of fused-ring (bicyclic) bond motifs is 1. The summed E-state index contributed by atoms with van der Waals surface area (Å²) in [5, 5.41) is 0. The summed E-state index contributed by atoms with van der Waals surface area (Å²) in [6.45, 7) is 8.75. The average Bonchev–Trinajstić information content (AvgIpc) is 2.88. The van der Waals surface area contributed by atoms with Crippen LogP contribution in [0.15, 0.2) is 35.2 Å². The summed E-state index contributed by atoms with van der Waals surface area (Å²) in [6, 6.07) is 11.4. The summed E-state index contributed by atoms with van der Waals surface area (Å²) in [4.78, 5) is 1.41. The average molecular weight is 297 g/mol. The van der Waals surface area contributed by atoms with Crippen LogP contribution in [0.3, 0.4) is 0 Å². The molecule has 110 valence electrons. The van der Waals surface area contributed by atoms with E-state index >= 15 is 0 Å². The molecule has 1 unspecified atom stereocenters. The molecule has 0 spiro atoms. The first-order valence-electron chi connectivity index (χ1n) is 7.61. The highest BCUT2D eigenvalue weighted by Gasteiger charge is 2.28. The summed E-state index contributed by atoms with van der Waals surface area (Å²) in [6.07, 6.45) is 0. The first-order chi connectivity index (χ1) is 9.99. The van der Waals surface area contributed by atoms with Gasteiger partial charge in [-0.15, -0.1) is 11.8 Å². The fourth-order valence-electron chi connectivity index (χ4n) is 3.16. The maximum atomic E-state index is 6.25. The smallest absolute Gasteiger partial charge is 0.0377 e. The van der Waals surface area contributed by atoms with Gasteiger partial charge >= 0.3 is 0 Å². The molecule has 2 aromatic carbocycles. The van der Waals surface area contributed by atoms with Crippen molar-refractivity contribution < 1.29 is 0 Å². The van der Waals surface area contributed by atoms with Crippen LogP contribution in [0.2, 0.25) is 0 Å². The lowest BCUT2D eigenvalue weighted by atomic mass is 9.87. The lowest BCUT2D eigenvalue weighted by Gasteiger charge is -2.17. The van der Waals surface area contributed by atoms with Gasteiger partial charge in [0.15, 0.2) is 0 Å². The molecule has 0 radical (unpaired) electrons. The van der Waals surface area contributed by atoms with Crippen molar-refractivity contribution in [3.63, 3.8) is 0 Å². The van der Waals surface area contributed by atoms with Gasteiger partial charge in [0.25, 0.3) is 0 Å². The lowest BCUT2D eigenvalue weighted by Crippen LogP contribution is -2.05. The van der Waals surface area contributed by atoms with Crippen LogP contribution in [-0.2, 0) is 0 Å². The van der Waals surface area contributed by atoms with E-state index in [1.165, 1.54) is 32.7 Å². The van der Waals surface area contributed by atoms with Crippen LogP contribution in [-0.4, -0.2) is 5.75 Å². The number of nitrogens with two attached hydrogens (primary N) is 1. The van der Waals surface area contributed by atoms with Crippen LogP contribution >= 0.6 is 11.8 Å². The highest BCUT2D eigenvalue weighted by atomic mass is 32.2. The zero-order valence-corrected chi connectivity index (χ0v) is 14.1. The molecule has 1 aliphatic rings. The fraction of sp³-hybridized carbons (Fsp3) is 0.368. The Balaban J connectivity index is 2.03. The molecule has 0 amide bonds. The van der Waals surface area contributed by atoms with Gasteiger partial charge in [0.05, 0.1) is 0 Å². The van der Waals surface area contributed by atoms with Crippen molar-refractivity contribution in [1.29, 1.82) is 0 Å². The van der Waals surface area contributed by atoms with Crippen molar-refractivity contribution in [3.8, 4) is 0 Å². The van der Waals surface area contributed by atoms with Gasteiger partial charge in [-0.3, -0.25) is 0 Å². The minimum absolute atomic E-state index is 0.481. The summed E-state index contributed by atoms with van der Waals surface area (Å²) in [5.41, 5.74) is 13.9. The van der Waals surface area contributed by atoms with Crippen molar-refractivity contribution in [1.82, 2.24) is 0 Å². The van der Waals surface area contributed by atoms with E-state index in [9.17, 15) is 0 Å². The molecular formula is C19H23NS. The number of thioether (sulfide) groups is 1. The summed E-state index contributed by atoms with van der Waals surface area (Å²) >= 11 is 1.96. The zero-order chi connectivity index (χ0) is 15.1. The Kier molecular flexibility index (Phi) is 3.75. The van der Waals surface area contributed by atoms with E-state index in [0.29, 0.717) is 11.8 Å². The van der Waals surface area contributed by atoms with E-state index < -0.39 is 0 Å². The van der Waals surface area contributed by atoms with Crippen molar-refractivity contribution in [2.24, 2.45) is 0 Å². The van der Waals surface area contributed by atoms with Gasteiger partial charge in [-0.1, -0.05) is 38.1 Å². The van der Waals surface area contributed by atoms with Crippen LogP contribution in [0, 0.1) is 13.8 Å². The molecule has 0 bridgehead atoms. The van der Waals surface area contributed by atoms with E-state index in [-0.39, 0.29) is 0 Å². The Morgan fingerprint density at radius 2 is 1.81 bits per heavy atom. The molecule has 0 saturated heterocycles. The highest BCUT2D eigenvalue weighted by molar-refractivity contribution is 7.99. The van der Waals surface area contributed by atoms with Gasteiger partial charge in [0, 0.05) is 22.3 Å².